The maximum Gasteiger partial charge on any atom is 0.339 e. The predicted octanol–water partition coefficient (Wildman–Crippen LogP) is 1.23. The molecule has 0 aliphatic heterocycles. The Morgan fingerprint density at radius 3 is 2.71 bits per heavy atom. The molecule has 0 amide bonds. The molecule has 0 fully saturated rings. The lowest BCUT2D eigenvalue weighted by atomic mass is 10.0. The molecular weight excluding hydrogens is 182 g/mol. The molecule has 0 aliphatic rings. The van der Waals surface area contributed by atoms with E-state index >= 15 is 0 Å². The summed E-state index contributed by atoms with van der Waals surface area (Å²) in [6, 6.07) is 0. The molecule has 0 bridgehead atoms. The molecule has 0 saturated carbocycles. The van der Waals surface area contributed by atoms with Gasteiger partial charge in [0.15, 0.2) is 0 Å². The van der Waals surface area contributed by atoms with Gasteiger partial charge in [0.2, 0.25) is 0 Å². The lowest BCUT2D eigenvalue weighted by Crippen LogP contribution is -2.08. The average molecular weight is 195 g/mol. The zero-order chi connectivity index (χ0) is 10.7. The summed E-state index contributed by atoms with van der Waals surface area (Å²) < 4.78 is 4.59. The lowest BCUT2D eigenvalue weighted by molar-refractivity contribution is 0.0599. The van der Waals surface area contributed by atoms with Crippen molar-refractivity contribution in [3.05, 3.63) is 29.1 Å². The van der Waals surface area contributed by atoms with Crippen molar-refractivity contribution in [1.82, 2.24) is 4.98 Å². The van der Waals surface area contributed by atoms with Gasteiger partial charge < -0.3 is 9.84 Å². The highest BCUT2D eigenvalue weighted by Gasteiger charge is 2.14. The molecule has 0 aromatic carbocycles. The van der Waals surface area contributed by atoms with Crippen LogP contribution >= 0.6 is 0 Å². The number of aromatic nitrogens is 1. The van der Waals surface area contributed by atoms with E-state index in [0.717, 1.165) is 0 Å². The smallest absolute Gasteiger partial charge is 0.339 e. The van der Waals surface area contributed by atoms with Gasteiger partial charge >= 0.3 is 5.97 Å². The van der Waals surface area contributed by atoms with Crippen LogP contribution in [0.15, 0.2) is 12.4 Å². The number of pyridine rings is 1. The van der Waals surface area contributed by atoms with Gasteiger partial charge in [0.1, 0.15) is 0 Å². The number of aliphatic hydroxyl groups is 1. The minimum atomic E-state index is -0.632. The van der Waals surface area contributed by atoms with Crippen molar-refractivity contribution in [2.45, 2.75) is 20.0 Å². The molecule has 14 heavy (non-hydrogen) atoms. The monoisotopic (exact) mass is 195 g/mol. The summed E-state index contributed by atoms with van der Waals surface area (Å²) in [5.74, 6) is -0.433. The number of rotatable bonds is 2. The zero-order valence-electron chi connectivity index (χ0n) is 8.44. The van der Waals surface area contributed by atoms with Crippen LogP contribution in [0.25, 0.3) is 0 Å². The summed E-state index contributed by atoms with van der Waals surface area (Å²) in [6.07, 6.45) is 2.35. The number of aliphatic hydroxyl groups excluding tert-OH is 1. The second kappa shape index (κ2) is 4.19. The number of nitrogens with zero attached hydrogens (tertiary/aromatic N) is 1. The van der Waals surface area contributed by atoms with Crippen LogP contribution in [-0.4, -0.2) is 23.2 Å². The van der Waals surface area contributed by atoms with E-state index in [1.807, 2.05) is 0 Å². The molecule has 1 rings (SSSR count). The van der Waals surface area contributed by atoms with E-state index in [9.17, 15) is 9.90 Å². The molecule has 0 aliphatic carbocycles. The van der Waals surface area contributed by atoms with E-state index in [4.69, 9.17) is 0 Å². The summed E-state index contributed by atoms with van der Waals surface area (Å²) in [5.41, 5.74) is 1.75. The highest BCUT2D eigenvalue weighted by Crippen LogP contribution is 2.19. The van der Waals surface area contributed by atoms with Crippen LogP contribution in [0.2, 0.25) is 0 Å². The SMILES string of the molecule is COC(=O)c1cncc(C(C)O)c1C. The van der Waals surface area contributed by atoms with Gasteiger partial charge in [-0.3, -0.25) is 4.98 Å². The summed E-state index contributed by atoms with van der Waals surface area (Å²) >= 11 is 0. The van der Waals surface area contributed by atoms with E-state index in [0.29, 0.717) is 16.7 Å². The molecule has 4 nitrogen and oxygen atoms in total. The number of esters is 1. The first-order chi connectivity index (χ1) is 6.57. The van der Waals surface area contributed by atoms with Gasteiger partial charge in [0.05, 0.1) is 18.8 Å². The number of methoxy groups -OCH3 is 1. The van der Waals surface area contributed by atoms with Crippen LogP contribution in [-0.2, 0) is 4.74 Å². The Hall–Kier alpha value is -1.42. The number of carbonyl (C=O) groups excluding carboxylic acids is 1. The Bertz CT molecular complexity index is 347. The second-order valence-electron chi connectivity index (χ2n) is 3.07. The molecule has 1 N–H and O–H groups in total. The van der Waals surface area contributed by atoms with Crippen molar-refractivity contribution in [3.63, 3.8) is 0 Å². The van der Waals surface area contributed by atoms with Crippen LogP contribution in [0.3, 0.4) is 0 Å². The van der Waals surface area contributed by atoms with Gasteiger partial charge in [-0.05, 0) is 19.4 Å². The van der Waals surface area contributed by atoms with Crippen molar-refractivity contribution >= 4 is 5.97 Å². The van der Waals surface area contributed by atoms with Crippen molar-refractivity contribution in [2.24, 2.45) is 0 Å². The lowest BCUT2D eigenvalue weighted by Gasteiger charge is -2.10. The third-order valence-corrected chi connectivity index (χ3v) is 2.11. The third kappa shape index (κ3) is 1.90. The van der Waals surface area contributed by atoms with Gasteiger partial charge in [-0.25, -0.2) is 4.79 Å². The van der Waals surface area contributed by atoms with Crippen LogP contribution < -0.4 is 0 Å². The van der Waals surface area contributed by atoms with Crippen LogP contribution in [0, 0.1) is 6.92 Å². The fourth-order valence-electron chi connectivity index (χ4n) is 1.28. The third-order valence-electron chi connectivity index (χ3n) is 2.11. The standard InChI is InChI=1S/C10H13NO3/c1-6-8(7(2)12)4-11-5-9(6)10(13)14-3/h4-5,7,12H,1-3H3. The van der Waals surface area contributed by atoms with Gasteiger partial charge in [-0.15, -0.1) is 0 Å². The first-order valence-electron chi connectivity index (χ1n) is 4.28. The predicted molar refractivity (Wildman–Crippen MR) is 50.9 cm³/mol. The van der Waals surface area contributed by atoms with Gasteiger partial charge in [-0.1, -0.05) is 0 Å². The quantitative estimate of drug-likeness (QED) is 0.721. The molecule has 1 aromatic heterocycles. The molecule has 76 valence electrons. The topological polar surface area (TPSA) is 59.4 Å². The van der Waals surface area contributed by atoms with E-state index in [1.165, 1.54) is 13.3 Å². The Balaban J connectivity index is 3.20. The second-order valence-corrected chi connectivity index (χ2v) is 3.07. The van der Waals surface area contributed by atoms with Crippen molar-refractivity contribution in [1.29, 1.82) is 0 Å². The van der Waals surface area contributed by atoms with E-state index in [1.54, 1.807) is 20.0 Å². The summed E-state index contributed by atoms with van der Waals surface area (Å²) in [4.78, 5) is 15.1. The highest BCUT2D eigenvalue weighted by atomic mass is 16.5. The number of ether oxygens (including phenoxy) is 1. The number of hydrogen-bond acceptors (Lipinski definition) is 4. The number of carbonyl (C=O) groups is 1. The first-order valence-corrected chi connectivity index (χ1v) is 4.28. The average Bonchev–Trinajstić information content (AvgIpc) is 2.16. The summed E-state index contributed by atoms with van der Waals surface area (Å²) in [6.45, 7) is 3.39. The fraction of sp³-hybridized carbons (Fsp3) is 0.400. The van der Waals surface area contributed by atoms with Gasteiger partial charge in [-0.2, -0.15) is 0 Å². The van der Waals surface area contributed by atoms with E-state index in [2.05, 4.69) is 9.72 Å². The first kappa shape index (κ1) is 10.7. The molecule has 0 saturated heterocycles. The molecule has 1 heterocycles. The van der Waals surface area contributed by atoms with E-state index < -0.39 is 12.1 Å². The Kier molecular flexibility index (Phi) is 3.19. The van der Waals surface area contributed by atoms with Crippen LogP contribution in [0.5, 0.6) is 0 Å². The molecule has 1 atom stereocenters. The molecule has 1 aromatic rings. The van der Waals surface area contributed by atoms with Crippen molar-refractivity contribution in [3.8, 4) is 0 Å². The Morgan fingerprint density at radius 2 is 2.21 bits per heavy atom. The maximum absolute atomic E-state index is 11.3. The maximum atomic E-state index is 11.3. The van der Waals surface area contributed by atoms with Crippen molar-refractivity contribution in [2.75, 3.05) is 7.11 Å². The Labute approximate surface area is 82.5 Å². The van der Waals surface area contributed by atoms with Gasteiger partial charge in [0.25, 0.3) is 0 Å². The van der Waals surface area contributed by atoms with E-state index in [-0.39, 0.29) is 0 Å². The number of hydrogen-bond donors (Lipinski definition) is 1. The van der Waals surface area contributed by atoms with Crippen LogP contribution in [0.1, 0.15) is 34.5 Å². The normalized spacial score (nSPS) is 12.3. The molecule has 0 spiro atoms. The molecule has 0 radical (unpaired) electrons. The highest BCUT2D eigenvalue weighted by molar-refractivity contribution is 5.90. The van der Waals surface area contributed by atoms with Gasteiger partial charge in [0, 0.05) is 18.0 Å². The fourth-order valence-corrected chi connectivity index (χ4v) is 1.28. The van der Waals surface area contributed by atoms with Crippen molar-refractivity contribution < 1.29 is 14.6 Å². The Morgan fingerprint density at radius 1 is 1.57 bits per heavy atom. The zero-order valence-corrected chi connectivity index (χ0v) is 8.44. The minimum absolute atomic E-state index is 0.394. The summed E-state index contributed by atoms with van der Waals surface area (Å²) in [7, 11) is 1.32. The summed E-state index contributed by atoms with van der Waals surface area (Å²) in [5, 5.41) is 9.39. The molecule has 4 heteroatoms. The molecular formula is C10H13NO3. The minimum Gasteiger partial charge on any atom is -0.465 e. The molecule has 1 unspecified atom stereocenters. The largest absolute Gasteiger partial charge is 0.465 e. The van der Waals surface area contributed by atoms with Crippen LogP contribution in [0.4, 0.5) is 0 Å².